The summed E-state index contributed by atoms with van der Waals surface area (Å²) in [6.07, 6.45) is 18.2. The molecule has 0 fully saturated rings. The van der Waals surface area contributed by atoms with E-state index >= 15 is 0 Å². The number of hydrogen-bond acceptors (Lipinski definition) is 0. The summed E-state index contributed by atoms with van der Waals surface area (Å²) < 4.78 is 0. The van der Waals surface area contributed by atoms with Gasteiger partial charge in [-0.1, -0.05) is 399 Å². The van der Waals surface area contributed by atoms with Crippen molar-refractivity contribution in [2.45, 2.75) is 267 Å². The SMILES string of the molecule is CC(C)c1ccc([S+](c2ccccc2)c2ccccc2)cc1.CCCCCCCCc1ccc([S+](c2ccccc2)c2ccccc2)cc1.CCCCCCc1ccc([S+](c2ccccc2)c2ccccc2)cc1.C[S+](c1ccc(C(C)(C)C)cc1)c1ccc(C(C)(C)C)cc1.Cc1ccc([S+](c2ccccc2)c2ccc(C)cc2)cc1.Cc1ccccc1[S+](c1ccccc1)c1ccccc1. The normalized spacial score (nSPS) is 11.2. The molecule has 0 saturated heterocycles. The van der Waals surface area contributed by atoms with Gasteiger partial charge in [-0.15, -0.1) is 0 Å². The average Bonchev–Trinajstić information content (AvgIpc) is 0.799. The molecule has 17 aromatic rings. The molecule has 0 saturated carbocycles. The van der Waals surface area contributed by atoms with Gasteiger partial charge in [-0.05, 0) is 291 Å². The van der Waals surface area contributed by atoms with Crippen LogP contribution in [0.3, 0.4) is 0 Å². The van der Waals surface area contributed by atoms with Crippen LogP contribution in [-0.2, 0) is 89.0 Å². The molecule has 6 heteroatoms. The molecule has 0 heterocycles. The summed E-state index contributed by atoms with van der Waals surface area (Å²) in [5.41, 5.74) is 11.5. The Kier molecular flexibility index (Phi) is 42.4. The first-order valence-electron chi connectivity index (χ1n) is 49.2. The second kappa shape index (κ2) is 55.4. The fourth-order valence-electron chi connectivity index (χ4n) is 16.1. The minimum Gasteiger partial charge on any atom is -0.0654 e. The van der Waals surface area contributed by atoms with Crippen molar-refractivity contribution in [2.75, 3.05) is 6.26 Å². The van der Waals surface area contributed by atoms with Crippen molar-refractivity contribution in [3.8, 4) is 0 Å². The van der Waals surface area contributed by atoms with Gasteiger partial charge in [0.1, 0.15) is 6.26 Å². The number of benzene rings is 17. The summed E-state index contributed by atoms with van der Waals surface area (Å²) in [5, 5.41) is 0. The summed E-state index contributed by atoms with van der Waals surface area (Å²) in [6.45, 7) is 29.1. The highest BCUT2D eigenvalue weighted by atomic mass is 32.2. The van der Waals surface area contributed by atoms with E-state index in [0.29, 0.717) is 5.92 Å². The van der Waals surface area contributed by atoms with Crippen LogP contribution in [-0.4, -0.2) is 6.26 Å². The monoisotopic (exact) mass is 1910 g/mol. The Bertz CT molecular complexity index is 5910. The largest absolute Gasteiger partial charge is 0.169 e. The van der Waals surface area contributed by atoms with E-state index in [1.54, 1.807) is 0 Å². The summed E-state index contributed by atoms with van der Waals surface area (Å²) in [4.78, 5) is 23.5. The minimum atomic E-state index is -0.0361. The quantitative estimate of drug-likeness (QED) is 0.0311. The summed E-state index contributed by atoms with van der Waals surface area (Å²) in [7, 11) is -0.0261. The van der Waals surface area contributed by atoms with Crippen LogP contribution in [0.15, 0.2) is 550 Å². The lowest BCUT2D eigenvalue weighted by atomic mass is 9.87. The lowest BCUT2D eigenvalue weighted by Crippen LogP contribution is -2.12. The fourth-order valence-corrected chi connectivity index (χ4v) is 28.0. The molecule has 0 bridgehead atoms. The van der Waals surface area contributed by atoms with Gasteiger partial charge < -0.3 is 0 Å². The molecule has 0 aromatic heterocycles. The van der Waals surface area contributed by atoms with E-state index in [9.17, 15) is 0 Å². The molecule has 0 amide bonds. The minimum absolute atomic E-state index is 0.0262. The van der Waals surface area contributed by atoms with Crippen molar-refractivity contribution >= 4 is 65.4 Å². The van der Waals surface area contributed by atoms with Gasteiger partial charge in [0.15, 0.2) is 83.2 Å². The zero-order chi connectivity index (χ0) is 96.4. The Morgan fingerprint density at radius 3 is 0.657 bits per heavy atom. The maximum absolute atomic E-state index is 2.34. The summed E-state index contributed by atoms with van der Waals surface area (Å²) in [6, 6.07) is 170. The zero-order valence-electron chi connectivity index (χ0n) is 83.5. The maximum Gasteiger partial charge on any atom is 0.169 e. The first-order chi connectivity index (χ1) is 66.7. The van der Waals surface area contributed by atoms with E-state index in [-0.39, 0.29) is 76.2 Å². The average molecular weight is 1910 g/mol. The van der Waals surface area contributed by atoms with Crippen LogP contribution in [0, 0.1) is 20.8 Å². The first kappa shape index (κ1) is 105. The first-order valence-corrected chi connectivity index (χ1v) is 57.0. The molecule has 0 atom stereocenters. The molecular weight excluding hydrogens is 1770 g/mol. The van der Waals surface area contributed by atoms with Gasteiger partial charge in [0, 0.05) is 5.56 Å². The molecule has 17 rings (SSSR count). The Hall–Kier alpha value is -11.2. The summed E-state index contributed by atoms with van der Waals surface area (Å²) >= 11 is 0. The van der Waals surface area contributed by atoms with E-state index in [0.717, 1.165) is 0 Å². The van der Waals surface area contributed by atoms with Crippen molar-refractivity contribution in [3.63, 3.8) is 0 Å². The van der Waals surface area contributed by atoms with Gasteiger partial charge in [-0.25, -0.2) is 0 Å². The second-order valence-electron chi connectivity index (χ2n) is 37.1. The molecule has 0 aliphatic heterocycles. The molecular formula is C131H144S6+6. The van der Waals surface area contributed by atoms with Gasteiger partial charge in [0.05, 0.1) is 65.4 Å². The highest BCUT2D eigenvalue weighted by molar-refractivity contribution is 7.98. The van der Waals surface area contributed by atoms with Crippen molar-refractivity contribution in [1.29, 1.82) is 0 Å². The molecule has 17 aromatic carbocycles. The standard InChI is InChI=1S/C26H31S.C24H27S.C21H21S.C21H29S.C20H19S.C19H17S/c1-2-3-4-5-6-9-14-23-19-21-26(22-20-23)27(24-15-10-7-11-16-24)25-17-12-8-13-18-25;1-2-3-4-7-12-21-17-19-24(20-18-21)25(22-13-8-5-9-14-22)23-15-10-6-11-16-23;1-17(2)18-13-15-21(16-14-18)22(19-9-5-3-6-10-19)20-11-7-4-8-12-20;1-20(2,3)16-8-12-18(13-9-16)22(7)19-14-10-17(11-15-19)21(4,5)6;1-16-8-12-19(13-9-16)21(18-6-4-3-5-7-18)20-14-10-17(2)11-15-20;1-16-10-8-9-15-19(16)20(17-11-4-2-5-12-17)18-13-6-3-7-14-18/h7-8,10-13,15-22H,2-6,9,14H2,1H3;5-6,8-11,13-20H,2-4,7,12H2,1H3;3-17H,1-2H3;8-15H,1-7H3;3-15H,1-2H3;2-15H,1H3/q6*+1. The van der Waals surface area contributed by atoms with Crippen LogP contribution < -0.4 is 0 Å². The van der Waals surface area contributed by atoms with E-state index in [1.165, 1.54) is 205 Å². The molecule has 0 spiro atoms. The Labute approximate surface area is 843 Å². The summed E-state index contributed by atoms with van der Waals surface area (Å²) in [5.74, 6) is 0.573. The van der Waals surface area contributed by atoms with Crippen LogP contribution in [0.25, 0.3) is 0 Å². The predicted octanol–water partition coefficient (Wildman–Crippen LogP) is 36.9. The van der Waals surface area contributed by atoms with E-state index < -0.39 is 0 Å². The third kappa shape index (κ3) is 32.7. The molecule has 137 heavy (non-hydrogen) atoms. The van der Waals surface area contributed by atoms with Crippen molar-refractivity contribution < 1.29 is 0 Å². The molecule has 0 radical (unpaired) electrons. The number of rotatable bonds is 30. The highest BCUT2D eigenvalue weighted by Gasteiger charge is 2.34. The highest BCUT2D eigenvalue weighted by Crippen LogP contribution is 2.39. The van der Waals surface area contributed by atoms with Crippen LogP contribution in [0.2, 0.25) is 0 Å². The number of unbranched alkanes of at least 4 members (excludes halogenated alkanes) is 8. The predicted molar refractivity (Wildman–Crippen MR) is 601 cm³/mol. The Balaban J connectivity index is 0.000000148. The van der Waals surface area contributed by atoms with Crippen molar-refractivity contribution in [3.05, 3.63) is 512 Å². The van der Waals surface area contributed by atoms with Crippen LogP contribution in [0.1, 0.15) is 184 Å². The lowest BCUT2D eigenvalue weighted by molar-refractivity contribution is 0.589. The second-order valence-corrected chi connectivity index (χ2v) is 49.2. The zero-order valence-corrected chi connectivity index (χ0v) is 88.4. The van der Waals surface area contributed by atoms with Gasteiger partial charge in [0.2, 0.25) is 0 Å². The van der Waals surface area contributed by atoms with E-state index in [1.807, 2.05) is 0 Å². The van der Waals surface area contributed by atoms with Gasteiger partial charge >= 0.3 is 0 Å². The molecule has 0 N–H and O–H groups in total. The fraction of sp³-hybridized carbons (Fsp3) is 0.221. The van der Waals surface area contributed by atoms with Crippen LogP contribution >= 0.6 is 0 Å². The molecule has 0 unspecified atom stereocenters. The van der Waals surface area contributed by atoms with Crippen LogP contribution in [0.5, 0.6) is 0 Å². The van der Waals surface area contributed by atoms with Crippen LogP contribution in [0.4, 0.5) is 0 Å². The van der Waals surface area contributed by atoms with E-state index in [2.05, 4.69) is 563 Å². The smallest absolute Gasteiger partial charge is 0.0654 e. The van der Waals surface area contributed by atoms with Gasteiger partial charge in [0.25, 0.3) is 0 Å². The topological polar surface area (TPSA) is 0 Å². The van der Waals surface area contributed by atoms with Crippen molar-refractivity contribution in [2.24, 2.45) is 0 Å². The number of hydrogen-bond donors (Lipinski definition) is 0. The molecule has 0 nitrogen and oxygen atoms in total. The molecule has 0 aliphatic rings. The van der Waals surface area contributed by atoms with Crippen molar-refractivity contribution in [1.82, 2.24) is 0 Å². The lowest BCUT2D eigenvalue weighted by Gasteiger charge is -2.19. The third-order valence-electron chi connectivity index (χ3n) is 24.0. The van der Waals surface area contributed by atoms with Gasteiger partial charge in [-0.2, -0.15) is 0 Å². The van der Waals surface area contributed by atoms with E-state index in [4.69, 9.17) is 0 Å². The molecule has 698 valence electrons. The Morgan fingerprint density at radius 1 is 0.204 bits per heavy atom. The Morgan fingerprint density at radius 2 is 0.409 bits per heavy atom. The third-order valence-corrected chi connectivity index (χ3v) is 37.3. The maximum atomic E-state index is 2.34. The molecule has 0 aliphatic carbocycles. The van der Waals surface area contributed by atoms with Gasteiger partial charge in [-0.3, -0.25) is 0 Å². The number of aryl methyl sites for hydroxylation is 5.